The van der Waals surface area contributed by atoms with E-state index >= 15 is 8.78 Å². The van der Waals surface area contributed by atoms with Gasteiger partial charge in [-0.25, -0.2) is 8.78 Å². The van der Waals surface area contributed by atoms with E-state index < -0.39 is 11.6 Å². The minimum Gasteiger partial charge on any atom is -0.310 e. The molecule has 8 heteroatoms. The molecule has 0 saturated carbocycles. The second-order valence-electron chi connectivity index (χ2n) is 25.1. The van der Waals surface area contributed by atoms with Gasteiger partial charge in [0.15, 0.2) is 0 Å². The zero-order valence-corrected chi connectivity index (χ0v) is 51.6. The number of nitrogens with zero attached hydrogens (tertiary/aromatic N) is 6. The van der Waals surface area contributed by atoms with Crippen molar-refractivity contribution in [2.24, 2.45) is 0 Å². The molecule has 6 nitrogen and oxygen atoms in total. The lowest BCUT2D eigenvalue weighted by Gasteiger charge is -2.30. The summed E-state index contributed by atoms with van der Waals surface area (Å²) in [5.74, 6) is -0.827. The summed E-state index contributed by atoms with van der Waals surface area (Å²) in [6.07, 6.45) is 0. The van der Waals surface area contributed by atoms with Crippen molar-refractivity contribution in [3.8, 4) is 22.7 Å². The molecule has 0 unspecified atom stereocenters. The highest BCUT2D eigenvalue weighted by Gasteiger charge is 2.28. The van der Waals surface area contributed by atoms with Crippen molar-refractivity contribution in [3.63, 3.8) is 0 Å². The van der Waals surface area contributed by atoms with E-state index in [-0.39, 0.29) is 0 Å². The molecule has 0 aliphatic rings. The Kier molecular flexibility index (Phi) is 11.7. The van der Waals surface area contributed by atoms with Crippen LogP contribution in [0.3, 0.4) is 0 Å². The molecule has 0 fully saturated rings. The summed E-state index contributed by atoms with van der Waals surface area (Å²) < 4.78 is 45.9. The second kappa shape index (κ2) is 20.9. The molecule has 20 aromatic rings. The Bertz CT molecular complexity index is 5830. The normalized spacial score (nSPS) is 12.1. The molecule has 4 heterocycles. The van der Waals surface area contributed by atoms with E-state index in [1.54, 1.807) is 12.1 Å². The quantitative estimate of drug-likeness (QED) is 0.128. The highest BCUT2D eigenvalue weighted by Crippen LogP contribution is 2.52. The van der Waals surface area contributed by atoms with E-state index in [9.17, 15) is 0 Å². The number of rotatable bonds is 10. The standard InChI is InChI=1S/C88H54F2N6/c89-75-53-85(91(59-37-45-81-71(49-59)63-29-13-17-33-77(63)93(81)55-21-5-1-6-22-55)60-38-46-82-72(50-60)64-30-14-18-34-78(64)94(82)56-23-7-2-8-24-56)69-43-41-68-76(90)54-86(70-44-42-67(75)87(69)88(68)70)92(61-39-47-83-73(51-61)65-31-15-19-35-79(65)95(83)57-25-9-3-10-26-57)62-40-48-84-74(52-62)66-32-16-20-36-80(66)96(84)58-27-11-4-12-28-58/h1-54H. The van der Waals surface area contributed by atoms with Crippen molar-refractivity contribution in [1.82, 2.24) is 18.3 Å². The van der Waals surface area contributed by atoms with Gasteiger partial charge in [0.2, 0.25) is 0 Å². The van der Waals surface area contributed by atoms with E-state index in [1.807, 2.05) is 48.5 Å². The first kappa shape index (κ1) is 53.8. The van der Waals surface area contributed by atoms with Crippen LogP contribution in [0, 0.1) is 11.6 Å². The lowest BCUT2D eigenvalue weighted by atomic mass is 9.91. The zero-order chi connectivity index (χ0) is 63.3. The van der Waals surface area contributed by atoms with Crippen molar-refractivity contribution in [3.05, 3.63) is 339 Å². The van der Waals surface area contributed by atoms with Crippen LogP contribution >= 0.6 is 0 Å². The predicted molar refractivity (Wildman–Crippen MR) is 397 cm³/mol. The summed E-state index contributed by atoms with van der Waals surface area (Å²) >= 11 is 0. The topological polar surface area (TPSA) is 26.2 Å². The molecule has 0 radical (unpaired) electrons. The largest absolute Gasteiger partial charge is 0.310 e. The van der Waals surface area contributed by atoms with E-state index in [1.165, 1.54) is 0 Å². The van der Waals surface area contributed by atoms with Gasteiger partial charge in [0.25, 0.3) is 0 Å². The smallest absolute Gasteiger partial charge is 0.133 e. The van der Waals surface area contributed by atoms with Gasteiger partial charge in [-0.15, -0.1) is 0 Å². The molecular weight excluding hydrogens is 1180 g/mol. The number of para-hydroxylation sites is 8. The van der Waals surface area contributed by atoms with Crippen LogP contribution in [0.5, 0.6) is 0 Å². The van der Waals surface area contributed by atoms with Gasteiger partial charge in [-0.3, -0.25) is 0 Å². The van der Waals surface area contributed by atoms with Gasteiger partial charge in [0.1, 0.15) is 11.6 Å². The van der Waals surface area contributed by atoms with Crippen LogP contribution in [0.25, 0.3) is 142 Å². The third kappa shape index (κ3) is 7.90. The number of anilines is 6. The Morgan fingerprint density at radius 1 is 0.188 bits per heavy atom. The van der Waals surface area contributed by atoms with Gasteiger partial charge in [-0.05, 0) is 158 Å². The molecule has 96 heavy (non-hydrogen) atoms. The Morgan fingerprint density at radius 3 is 0.688 bits per heavy atom. The van der Waals surface area contributed by atoms with E-state index in [4.69, 9.17) is 0 Å². The highest BCUT2D eigenvalue weighted by atomic mass is 19.1. The molecule has 450 valence electrons. The fourth-order valence-electron chi connectivity index (χ4n) is 15.9. The molecule has 0 aliphatic carbocycles. The first-order chi connectivity index (χ1) is 47.5. The van der Waals surface area contributed by atoms with Crippen molar-refractivity contribution in [2.45, 2.75) is 0 Å². The summed E-state index contributed by atoms with van der Waals surface area (Å²) in [5.41, 5.74) is 17.3. The lowest BCUT2D eigenvalue weighted by Crippen LogP contribution is -2.12. The van der Waals surface area contributed by atoms with Crippen LogP contribution in [-0.4, -0.2) is 18.3 Å². The summed E-state index contributed by atoms with van der Waals surface area (Å²) in [6.45, 7) is 0. The van der Waals surface area contributed by atoms with Crippen LogP contribution in [0.4, 0.5) is 42.9 Å². The minimum atomic E-state index is -0.413. The van der Waals surface area contributed by atoms with Gasteiger partial charge >= 0.3 is 0 Å². The first-order valence-corrected chi connectivity index (χ1v) is 32.5. The lowest BCUT2D eigenvalue weighted by molar-refractivity contribution is 0.639. The van der Waals surface area contributed by atoms with Gasteiger partial charge < -0.3 is 28.1 Å². The fraction of sp³-hybridized carbons (Fsp3) is 0. The van der Waals surface area contributed by atoms with E-state index in [2.05, 4.69) is 295 Å². The van der Waals surface area contributed by atoms with Crippen molar-refractivity contribution < 1.29 is 8.78 Å². The SMILES string of the molecule is Fc1cc(N(c2ccc3c(c2)c2ccccc2n3-c2ccccc2)c2ccc3c(c2)c2ccccc2n3-c2ccccc2)c2ccc3c(F)cc(N(c4ccc5c(c4)c4ccccc4n5-c4ccccc4)c4ccc5c(c4)c4ccccc4n5-c4ccccc4)c4ccc1c2c34. The molecular formula is C88H54F2N6. The number of hydrogen-bond donors (Lipinski definition) is 0. The average Bonchev–Trinajstić information content (AvgIpc) is 0.840. The predicted octanol–water partition coefficient (Wildman–Crippen LogP) is 24.2. The number of hydrogen-bond acceptors (Lipinski definition) is 2. The molecule has 4 aromatic heterocycles. The summed E-state index contributed by atoms with van der Waals surface area (Å²) in [5, 5.41) is 12.2. The van der Waals surface area contributed by atoms with Crippen LogP contribution < -0.4 is 9.80 Å². The van der Waals surface area contributed by atoms with E-state index in [0.29, 0.717) is 32.9 Å². The van der Waals surface area contributed by atoms with Gasteiger partial charge in [0.05, 0.1) is 55.5 Å². The zero-order valence-electron chi connectivity index (χ0n) is 51.6. The molecule has 0 bridgehead atoms. The van der Waals surface area contributed by atoms with Crippen LogP contribution in [0.1, 0.15) is 0 Å². The maximum Gasteiger partial charge on any atom is 0.133 e. The molecule has 0 aliphatic heterocycles. The average molecular weight is 1230 g/mol. The molecule has 20 rings (SSSR count). The van der Waals surface area contributed by atoms with Crippen LogP contribution in [-0.2, 0) is 0 Å². The van der Waals surface area contributed by atoms with Crippen LogP contribution in [0.2, 0.25) is 0 Å². The summed E-state index contributed by atoms with van der Waals surface area (Å²) in [7, 11) is 0. The van der Waals surface area contributed by atoms with Gasteiger partial charge in [0, 0.05) is 121 Å². The van der Waals surface area contributed by atoms with Crippen molar-refractivity contribution >= 4 is 154 Å². The first-order valence-electron chi connectivity index (χ1n) is 32.5. The molecule has 0 atom stereocenters. The number of benzene rings is 16. The number of aromatic nitrogens is 4. The maximum atomic E-state index is 18.3. The van der Waals surface area contributed by atoms with Gasteiger partial charge in [-0.2, -0.15) is 0 Å². The monoisotopic (exact) mass is 1230 g/mol. The molecule has 16 aromatic carbocycles. The molecule has 0 spiro atoms. The summed E-state index contributed by atoms with van der Waals surface area (Å²) in [6, 6.07) is 114. The van der Waals surface area contributed by atoms with E-state index in [0.717, 1.165) is 143 Å². The highest BCUT2D eigenvalue weighted by molar-refractivity contribution is 6.29. The third-order valence-corrected chi connectivity index (χ3v) is 20.0. The van der Waals surface area contributed by atoms with Crippen molar-refractivity contribution in [1.29, 1.82) is 0 Å². The number of fused-ring (bicyclic) bond motifs is 12. The second-order valence-corrected chi connectivity index (χ2v) is 25.1. The molecule has 0 N–H and O–H groups in total. The molecule has 0 amide bonds. The van der Waals surface area contributed by atoms with Crippen molar-refractivity contribution in [2.75, 3.05) is 9.80 Å². The molecule has 0 saturated heterocycles. The Morgan fingerprint density at radius 2 is 0.417 bits per heavy atom. The minimum absolute atomic E-state index is 0.406. The van der Waals surface area contributed by atoms with Gasteiger partial charge in [-0.1, -0.05) is 170 Å². The number of halogens is 2. The fourth-order valence-corrected chi connectivity index (χ4v) is 15.9. The Hall–Kier alpha value is -12.8. The summed E-state index contributed by atoms with van der Waals surface area (Å²) in [4.78, 5) is 4.42. The third-order valence-electron chi connectivity index (χ3n) is 20.0. The van der Waals surface area contributed by atoms with Crippen LogP contribution in [0.15, 0.2) is 328 Å². The maximum absolute atomic E-state index is 18.3. The Balaban J connectivity index is 0.854. The Labute approximate surface area is 549 Å².